The van der Waals surface area contributed by atoms with Crippen molar-refractivity contribution in [1.29, 1.82) is 0 Å². The fraction of sp³-hybridized carbons (Fsp3) is 0.250. The largest absolute Gasteiger partial charge is 0.320 e. The predicted octanol–water partition coefficient (Wildman–Crippen LogP) is 1.85. The SMILES string of the molecule is O=c1ccc2cc(F)ccc2n1NC1CC1. The van der Waals surface area contributed by atoms with Gasteiger partial charge in [0.25, 0.3) is 5.56 Å². The van der Waals surface area contributed by atoms with Gasteiger partial charge in [0, 0.05) is 17.5 Å². The van der Waals surface area contributed by atoms with E-state index in [0.717, 1.165) is 23.7 Å². The highest BCUT2D eigenvalue weighted by Gasteiger charge is 2.22. The molecule has 1 fully saturated rings. The van der Waals surface area contributed by atoms with E-state index in [9.17, 15) is 9.18 Å². The smallest absolute Gasteiger partial charge is 0.269 e. The average Bonchev–Trinajstić information content (AvgIpc) is 3.06. The Balaban J connectivity index is 2.22. The number of fused-ring (bicyclic) bond motifs is 1. The van der Waals surface area contributed by atoms with Crippen molar-refractivity contribution < 1.29 is 4.39 Å². The highest BCUT2D eigenvalue weighted by atomic mass is 19.1. The van der Waals surface area contributed by atoms with Crippen LogP contribution in [0.1, 0.15) is 12.8 Å². The van der Waals surface area contributed by atoms with E-state index >= 15 is 0 Å². The Morgan fingerprint density at radius 3 is 2.81 bits per heavy atom. The quantitative estimate of drug-likeness (QED) is 0.834. The normalized spacial score (nSPS) is 15.3. The van der Waals surface area contributed by atoms with Gasteiger partial charge in [-0.3, -0.25) is 4.79 Å². The minimum Gasteiger partial charge on any atom is -0.320 e. The zero-order chi connectivity index (χ0) is 11.1. The van der Waals surface area contributed by atoms with Crippen LogP contribution in [0.25, 0.3) is 10.9 Å². The lowest BCUT2D eigenvalue weighted by Crippen LogP contribution is -2.29. The molecule has 0 amide bonds. The first-order chi connectivity index (χ1) is 7.74. The van der Waals surface area contributed by atoms with Crippen molar-refractivity contribution in [3.05, 3.63) is 46.5 Å². The second-order valence-electron chi connectivity index (χ2n) is 4.11. The van der Waals surface area contributed by atoms with E-state index in [1.54, 1.807) is 12.1 Å². The van der Waals surface area contributed by atoms with Gasteiger partial charge in [0.05, 0.1) is 5.52 Å². The Hall–Kier alpha value is -1.84. The second-order valence-corrected chi connectivity index (χ2v) is 4.11. The molecular weight excluding hydrogens is 207 g/mol. The Morgan fingerprint density at radius 1 is 1.25 bits per heavy atom. The molecule has 1 aliphatic rings. The van der Waals surface area contributed by atoms with E-state index in [1.807, 2.05) is 0 Å². The maximum absolute atomic E-state index is 13.0. The van der Waals surface area contributed by atoms with Gasteiger partial charge in [-0.2, -0.15) is 0 Å². The van der Waals surface area contributed by atoms with Gasteiger partial charge >= 0.3 is 0 Å². The fourth-order valence-electron chi connectivity index (χ4n) is 1.74. The molecular formula is C12H11FN2O. The number of rotatable bonds is 2. The Morgan fingerprint density at radius 2 is 2.06 bits per heavy atom. The summed E-state index contributed by atoms with van der Waals surface area (Å²) in [4.78, 5) is 11.7. The van der Waals surface area contributed by atoms with Gasteiger partial charge < -0.3 is 5.43 Å². The molecule has 1 aliphatic carbocycles. The number of benzene rings is 1. The maximum atomic E-state index is 13.0. The van der Waals surface area contributed by atoms with Gasteiger partial charge in [-0.15, -0.1) is 0 Å². The summed E-state index contributed by atoms with van der Waals surface area (Å²) in [6, 6.07) is 7.91. The molecule has 3 rings (SSSR count). The number of halogens is 1. The number of hydrogen-bond donors (Lipinski definition) is 1. The third kappa shape index (κ3) is 1.56. The second kappa shape index (κ2) is 3.33. The van der Waals surface area contributed by atoms with Crippen molar-refractivity contribution in [2.75, 3.05) is 5.43 Å². The monoisotopic (exact) mass is 218 g/mol. The van der Waals surface area contributed by atoms with Crippen molar-refractivity contribution >= 4 is 10.9 Å². The van der Waals surface area contributed by atoms with Crippen LogP contribution in [0.3, 0.4) is 0 Å². The molecule has 1 heterocycles. The summed E-state index contributed by atoms with van der Waals surface area (Å²) >= 11 is 0. The molecule has 0 bridgehead atoms. The molecule has 0 saturated heterocycles. The Kier molecular flexibility index (Phi) is 1.96. The molecule has 1 N–H and O–H groups in total. The van der Waals surface area contributed by atoms with Crippen LogP contribution in [0, 0.1) is 5.82 Å². The lowest BCUT2D eigenvalue weighted by molar-refractivity contribution is 0.629. The van der Waals surface area contributed by atoms with Crippen LogP contribution in [-0.4, -0.2) is 10.7 Å². The summed E-state index contributed by atoms with van der Waals surface area (Å²) in [7, 11) is 0. The third-order valence-corrected chi connectivity index (χ3v) is 2.75. The molecule has 2 aromatic rings. The summed E-state index contributed by atoms with van der Waals surface area (Å²) in [5, 5.41) is 0.729. The fourth-order valence-corrected chi connectivity index (χ4v) is 1.74. The van der Waals surface area contributed by atoms with Gasteiger partial charge in [0.15, 0.2) is 0 Å². The number of hydrogen-bond acceptors (Lipinski definition) is 2. The van der Waals surface area contributed by atoms with Crippen LogP contribution in [0.15, 0.2) is 35.1 Å². The molecule has 0 aliphatic heterocycles. The number of nitrogens with one attached hydrogen (secondary N) is 1. The van der Waals surface area contributed by atoms with Crippen molar-refractivity contribution in [3.8, 4) is 0 Å². The zero-order valence-corrected chi connectivity index (χ0v) is 8.61. The lowest BCUT2D eigenvalue weighted by atomic mass is 10.2. The van der Waals surface area contributed by atoms with Crippen molar-refractivity contribution in [2.24, 2.45) is 0 Å². The first-order valence-electron chi connectivity index (χ1n) is 5.32. The minimum atomic E-state index is -0.288. The van der Waals surface area contributed by atoms with Gasteiger partial charge in [-0.25, -0.2) is 9.07 Å². The first kappa shape index (κ1) is 9.39. The molecule has 0 unspecified atom stereocenters. The predicted molar refractivity (Wildman–Crippen MR) is 60.5 cm³/mol. The van der Waals surface area contributed by atoms with Crippen LogP contribution in [-0.2, 0) is 0 Å². The zero-order valence-electron chi connectivity index (χ0n) is 8.61. The molecule has 0 radical (unpaired) electrons. The van der Waals surface area contributed by atoms with Crippen LogP contribution in [0.4, 0.5) is 4.39 Å². The standard InChI is InChI=1S/C12H11FN2O/c13-9-2-5-11-8(7-9)1-6-12(16)15(11)14-10-3-4-10/h1-2,5-7,10,14H,3-4H2. The molecule has 0 spiro atoms. The van der Waals surface area contributed by atoms with E-state index in [4.69, 9.17) is 0 Å². The summed E-state index contributed by atoms with van der Waals surface area (Å²) in [6.07, 6.45) is 2.17. The van der Waals surface area contributed by atoms with E-state index in [-0.39, 0.29) is 11.4 Å². The molecule has 3 nitrogen and oxygen atoms in total. The molecule has 82 valence electrons. The molecule has 0 atom stereocenters. The number of nitrogens with zero attached hydrogens (tertiary/aromatic N) is 1. The Bertz CT molecular complexity index is 601. The van der Waals surface area contributed by atoms with E-state index < -0.39 is 0 Å². The molecule has 4 heteroatoms. The van der Waals surface area contributed by atoms with Gasteiger partial charge in [-0.1, -0.05) is 0 Å². The van der Waals surface area contributed by atoms with E-state index in [0.29, 0.717) is 6.04 Å². The van der Waals surface area contributed by atoms with Crippen molar-refractivity contribution in [3.63, 3.8) is 0 Å². The average molecular weight is 218 g/mol. The highest BCUT2D eigenvalue weighted by molar-refractivity contribution is 5.79. The molecule has 16 heavy (non-hydrogen) atoms. The molecule has 1 saturated carbocycles. The van der Waals surface area contributed by atoms with Crippen molar-refractivity contribution in [2.45, 2.75) is 18.9 Å². The highest BCUT2D eigenvalue weighted by Crippen LogP contribution is 2.21. The minimum absolute atomic E-state index is 0.106. The summed E-state index contributed by atoms with van der Waals surface area (Å²) in [5.74, 6) is -0.288. The number of pyridine rings is 1. The first-order valence-corrected chi connectivity index (χ1v) is 5.32. The molecule has 1 aromatic heterocycles. The van der Waals surface area contributed by atoms with Gasteiger partial charge in [-0.05, 0) is 37.1 Å². The third-order valence-electron chi connectivity index (χ3n) is 2.75. The lowest BCUT2D eigenvalue weighted by Gasteiger charge is -2.11. The maximum Gasteiger partial charge on any atom is 0.269 e. The van der Waals surface area contributed by atoms with Crippen LogP contribution in [0.2, 0.25) is 0 Å². The van der Waals surface area contributed by atoms with Crippen LogP contribution >= 0.6 is 0 Å². The number of aromatic nitrogens is 1. The topological polar surface area (TPSA) is 34.0 Å². The van der Waals surface area contributed by atoms with Gasteiger partial charge in [0.1, 0.15) is 5.82 Å². The van der Waals surface area contributed by atoms with E-state index in [2.05, 4.69) is 5.43 Å². The van der Waals surface area contributed by atoms with Crippen LogP contribution < -0.4 is 11.0 Å². The Labute approximate surface area is 91.5 Å². The molecule has 1 aromatic carbocycles. The van der Waals surface area contributed by atoms with Gasteiger partial charge in [0.2, 0.25) is 0 Å². The van der Waals surface area contributed by atoms with Crippen molar-refractivity contribution in [1.82, 2.24) is 4.68 Å². The summed E-state index contributed by atoms with van der Waals surface area (Å²) in [5.41, 5.74) is 3.75. The van der Waals surface area contributed by atoms with E-state index in [1.165, 1.54) is 22.9 Å². The van der Waals surface area contributed by atoms with Crippen LogP contribution in [0.5, 0.6) is 0 Å². The summed E-state index contributed by atoms with van der Waals surface area (Å²) in [6.45, 7) is 0. The summed E-state index contributed by atoms with van der Waals surface area (Å²) < 4.78 is 14.5.